The maximum absolute atomic E-state index is 13.4. The number of carboxylic acid groups (broad SMARTS) is 3. The van der Waals surface area contributed by atoms with Crippen LogP contribution < -0.4 is 10.4 Å². The molecule has 0 aromatic heterocycles. The fourth-order valence-corrected chi connectivity index (χ4v) is 4.24. The number of aliphatic carboxylic acids is 3. The number of nitrogens with one attached hydrogen (secondary N) is 2. The Labute approximate surface area is 200 Å². The lowest BCUT2D eigenvalue weighted by Crippen LogP contribution is -2.44. The van der Waals surface area contributed by atoms with Gasteiger partial charge in [0.1, 0.15) is 6.04 Å². The van der Waals surface area contributed by atoms with Gasteiger partial charge in [0, 0.05) is 12.0 Å². The van der Waals surface area contributed by atoms with Crippen LogP contribution in [-0.2, 0) is 34.6 Å². The van der Waals surface area contributed by atoms with Crippen LogP contribution in [0.3, 0.4) is 0 Å². The molecular weight excluding hydrogens is 483 g/mol. The molecule has 0 heterocycles. The second-order valence-electron chi connectivity index (χ2n) is 7.23. The van der Waals surface area contributed by atoms with E-state index in [4.69, 9.17) is 14.2 Å². The second kappa shape index (κ2) is 13.4. The Morgan fingerprint density at radius 2 is 1.40 bits per heavy atom. The van der Waals surface area contributed by atoms with E-state index in [9.17, 15) is 34.0 Å². The van der Waals surface area contributed by atoms with E-state index in [1.165, 1.54) is 12.1 Å². The first-order valence-electron chi connectivity index (χ1n) is 10.3. The molecule has 2 aromatic carbocycles. The molecule has 5 N–H and O–H groups in total. The van der Waals surface area contributed by atoms with E-state index in [2.05, 4.69) is 10.4 Å². The predicted molar refractivity (Wildman–Crippen MR) is 122 cm³/mol. The molecule has 0 radical (unpaired) electrons. The van der Waals surface area contributed by atoms with E-state index in [1.54, 1.807) is 48.5 Å². The molecule has 35 heavy (non-hydrogen) atoms. The highest BCUT2D eigenvalue weighted by molar-refractivity contribution is 7.51. The minimum Gasteiger partial charge on any atom is -0.481 e. The van der Waals surface area contributed by atoms with E-state index in [0.29, 0.717) is 5.56 Å². The number of rotatable bonds is 15. The van der Waals surface area contributed by atoms with Gasteiger partial charge in [-0.05, 0) is 24.1 Å². The lowest BCUT2D eigenvalue weighted by molar-refractivity contribution is -0.142. The first kappa shape index (κ1) is 27.7. The van der Waals surface area contributed by atoms with Gasteiger partial charge >= 0.3 is 25.7 Å². The van der Waals surface area contributed by atoms with Gasteiger partial charge in [0.2, 0.25) is 0 Å². The molecule has 1 amide bonds. The molecule has 0 fully saturated rings. The largest absolute Gasteiger partial charge is 0.481 e. The number of carbonyl (C=O) groups excluding carboxylic acids is 1. The molecule has 3 unspecified atom stereocenters. The molecule has 188 valence electrons. The summed E-state index contributed by atoms with van der Waals surface area (Å²) in [7, 11) is -4.50. The minimum atomic E-state index is -4.50. The van der Waals surface area contributed by atoms with Gasteiger partial charge in [-0.1, -0.05) is 48.5 Å². The van der Waals surface area contributed by atoms with Crippen LogP contribution in [0, 0.1) is 0 Å². The molecule has 12 nitrogen and oxygen atoms in total. The molecule has 3 atom stereocenters. The van der Waals surface area contributed by atoms with Crippen LogP contribution in [-0.4, -0.2) is 57.8 Å². The molecular formula is C22H25N2O10P. The SMILES string of the molecule is O=C(O)CCC(NP(=O)(OCc1ccccc1)OCC(NC(=O)c1ccccc1)C(=O)O)C(=O)O. The molecule has 0 aliphatic heterocycles. The van der Waals surface area contributed by atoms with E-state index in [-0.39, 0.29) is 12.2 Å². The minimum absolute atomic E-state index is 0.181. The van der Waals surface area contributed by atoms with E-state index in [1.807, 2.05) is 0 Å². The second-order valence-corrected chi connectivity index (χ2v) is 9.00. The maximum atomic E-state index is 13.4. The van der Waals surface area contributed by atoms with Crippen molar-refractivity contribution in [1.82, 2.24) is 10.4 Å². The summed E-state index contributed by atoms with van der Waals surface area (Å²) in [5, 5.41) is 32.2. The highest BCUT2D eigenvalue weighted by Crippen LogP contribution is 2.45. The topological polar surface area (TPSA) is 189 Å². The third kappa shape index (κ3) is 9.67. The standard InChI is InChI=1S/C22H25N2O10P/c25-19(26)12-11-17(21(28)29)24-35(32,33-13-15-7-3-1-4-8-15)34-14-18(22(30)31)23-20(27)16-9-5-2-6-10-16/h1-10,17-18H,11-14H2,(H,23,27)(H,24,32)(H,25,26)(H,28,29)(H,30,31). The highest BCUT2D eigenvalue weighted by Gasteiger charge is 2.34. The van der Waals surface area contributed by atoms with Crippen LogP contribution in [0.2, 0.25) is 0 Å². The molecule has 0 saturated carbocycles. The summed E-state index contributed by atoms with van der Waals surface area (Å²) in [6.45, 7) is -1.12. The highest BCUT2D eigenvalue weighted by atomic mass is 31.2. The van der Waals surface area contributed by atoms with Gasteiger partial charge < -0.3 is 20.6 Å². The third-order valence-corrected chi connectivity index (χ3v) is 6.14. The number of benzene rings is 2. The zero-order valence-electron chi connectivity index (χ0n) is 18.4. The van der Waals surface area contributed by atoms with Gasteiger partial charge in [-0.2, -0.15) is 0 Å². The summed E-state index contributed by atoms with van der Waals surface area (Å²) in [5.74, 6) is -5.00. The summed E-state index contributed by atoms with van der Waals surface area (Å²) in [6, 6.07) is 12.9. The van der Waals surface area contributed by atoms with E-state index in [0.717, 1.165) is 0 Å². The average Bonchev–Trinajstić information content (AvgIpc) is 2.84. The lowest BCUT2D eigenvalue weighted by Gasteiger charge is -2.24. The Bertz CT molecular complexity index is 1060. The smallest absolute Gasteiger partial charge is 0.406 e. The van der Waals surface area contributed by atoms with Gasteiger partial charge in [0.25, 0.3) is 5.91 Å². The predicted octanol–water partition coefficient (Wildman–Crippen LogP) is 2.12. The number of carbonyl (C=O) groups is 4. The molecule has 0 spiro atoms. The van der Waals surface area contributed by atoms with Gasteiger partial charge in [0.05, 0.1) is 13.2 Å². The Morgan fingerprint density at radius 1 is 0.829 bits per heavy atom. The van der Waals surface area contributed by atoms with Crippen LogP contribution >= 0.6 is 7.75 Å². The van der Waals surface area contributed by atoms with Crippen molar-refractivity contribution in [2.75, 3.05) is 6.61 Å². The molecule has 0 aliphatic carbocycles. The van der Waals surface area contributed by atoms with Crippen LogP contribution in [0.25, 0.3) is 0 Å². The van der Waals surface area contributed by atoms with Crippen LogP contribution in [0.5, 0.6) is 0 Å². The summed E-state index contributed by atoms with van der Waals surface area (Å²) in [4.78, 5) is 46.4. The third-order valence-electron chi connectivity index (χ3n) is 4.55. The summed E-state index contributed by atoms with van der Waals surface area (Å²) in [6.07, 6.45) is -0.993. The van der Waals surface area contributed by atoms with Gasteiger partial charge in [-0.25, -0.2) is 14.4 Å². The van der Waals surface area contributed by atoms with E-state index >= 15 is 0 Å². The van der Waals surface area contributed by atoms with Crippen molar-refractivity contribution in [3.05, 3.63) is 71.8 Å². The lowest BCUT2D eigenvalue weighted by atomic mass is 10.2. The maximum Gasteiger partial charge on any atom is 0.406 e. The Morgan fingerprint density at radius 3 is 1.94 bits per heavy atom. The molecule has 0 bridgehead atoms. The van der Waals surface area contributed by atoms with Crippen molar-refractivity contribution >= 4 is 31.6 Å². The molecule has 0 saturated heterocycles. The summed E-state index contributed by atoms with van der Waals surface area (Å²) in [5.41, 5.74) is 0.739. The average molecular weight is 508 g/mol. The number of hydrogen-bond donors (Lipinski definition) is 5. The van der Waals surface area contributed by atoms with Crippen molar-refractivity contribution in [3.63, 3.8) is 0 Å². The van der Waals surface area contributed by atoms with Gasteiger partial charge in [0.15, 0.2) is 6.04 Å². The van der Waals surface area contributed by atoms with Gasteiger partial charge in [-0.3, -0.25) is 23.4 Å². The van der Waals surface area contributed by atoms with Crippen LogP contribution in [0.4, 0.5) is 0 Å². The Hall–Kier alpha value is -3.57. The molecule has 2 rings (SSSR count). The molecule has 2 aromatic rings. The monoisotopic (exact) mass is 508 g/mol. The van der Waals surface area contributed by atoms with Crippen LogP contribution in [0.1, 0.15) is 28.8 Å². The fraction of sp³-hybridized carbons (Fsp3) is 0.273. The number of hydrogen-bond acceptors (Lipinski definition) is 7. The zero-order valence-corrected chi connectivity index (χ0v) is 19.3. The molecule has 0 aliphatic rings. The molecule has 13 heteroatoms. The first-order chi connectivity index (χ1) is 16.6. The number of carboxylic acids is 3. The Kier molecular flexibility index (Phi) is 10.6. The summed E-state index contributed by atoms with van der Waals surface area (Å²) < 4.78 is 23.9. The van der Waals surface area contributed by atoms with Crippen molar-refractivity contribution < 1.29 is 48.1 Å². The van der Waals surface area contributed by atoms with Crippen molar-refractivity contribution in [1.29, 1.82) is 0 Å². The quantitative estimate of drug-likeness (QED) is 0.222. The van der Waals surface area contributed by atoms with Crippen molar-refractivity contribution in [2.24, 2.45) is 0 Å². The van der Waals surface area contributed by atoms with Gasteiger partial charge in [-0.15, -0.1) is 0 Å². The van der Waals surface area contributed by atoms with Crippen molar-refractivity contribution in [3.8, 4) is 0 Å². The van der Waals surface area contributed by atoms with E-state index < -0.39 is 63.1 Å². The number of amides is 1. The fourth-order valence-electron chi connectivity index (χ4n) is 2.73. The normalized spacial score (nSPS) is 14.3. The Balaban J connectivity index is 2.17. The summed E-state index contributed by atoms with van der Waals surface area (Å²) >= 11 is 0. The zero-order chi connectivity index (χ0) is 25.8. The van der Waals surface area contributed by atoms with Crippen molar-refractivity contribution in [2.45, 2.75) is 31.5 Å². The van der Waals surface area contributed by atoms with Crippen LogP contribution in [0.15, 0.2) is 60.7 Å². The first-order valence-corrected chi connectivity index (χ1v) is 11.9.